The van der Waals surface area contributed by atoms with Crippen LogP contribution in [0.4, 0.5) is 11.4 Å². The van der Waals surface area contributed by atoms with Gasteiger partial charge in [0.1, 0.15) is 6.07 Å². The van der Waals surface area contributed by atoms with E-state index in [9.17, 15) is 0 Å². The minimum atomic E-state index is 0.160. The fourth-order valence-corrected chi connectivity index (χ4v) is 2.85. The summed E-state index contributed by atoms with van der Waals surface area (Å²) < 4.78 is 0. The first kappa shape index (κ1) is 15.4. The van der Waals surface area contributed by atoms with E-state index in [-0.39, 0.29) is 6.61 Å². The third-order valence-electron chi connectivity index (χ3n) is 3.23. The minimum absolute atomic E-state index is 0.160. The van der Waals surface area contributed by atoms with E-state index in [1.54, 1.807) is 11.3 Å². The van der Waals surface area contributed by atoms with Crippen LogP contribution in [-0.4, -0.2) is 24.8 Å². The Balaban J connectivity index is 1.94. The topological polar surface area (TPSA) is 59.3 Å². The van der Waals surface area contributed by atoms with Crippen LogP contribution in [0.3, 0.4) is 0 Å². The van der Waals surface area contributed by atoms with Crippen LogP contribution in [0.1, 0.15) is 17.4 Å². The van der Waals surface area contributed by atoms with Crippen molar-refractivity contribution in [1.82, 2.24) is 0 Å². The van der Waals surface area contributed by atoms with E-state index >= 15 is 0 Å². The summed E-state index contributed by atoms with van der Waals surface area (Å²) in [5.74, 6) is 0. The molecule has 4 nitrogen and oxygen atoms in total. The van der Waals surface area contributed by atoms with Gasteiger partial charge in [-0.3, -0.25) is 0 Å². The largest absolute Gasteiger partial charge is 0.395 e. The molecule has 0 unspecified atom stereocenters. The molecule has 1 aromatic heterocycles. The summed E-state index contributed by atoms with van der Waals surface area (Å²) in [6.07, 6.45) is 0. The van der Waals surface area contributed by atoms with Gasteiger partial charge in [-0.25, -0.2) is 0 Å². The van der Waals surface area contributed by atoms with Crippen molar-refractivity contribution in [2.24, 2.45) is 0 Å². The quantitative estimate of drug-likeness (QED) is 0.825. The highest BCUT2D eigenvalue weighted by atomic mass is 32.1. The van der Waals surface area contributed by atoms with Crippen LogP contribution in [0.25, 0.3) is 0 Å². The SMILES string of the molecule is CCN(CCO)c1ccc(NCc2cc(C#N)cs2)cc1. The third-order valence-corrected chi connectivity index (χ3v) is 4.17. The molecule has 0 saturated carbocycles. The van der Waals surface area contributed by atoms with Gasteiger partial charge in [0, 0.05) is 41.3 Å². The molecule has 0 spiro atoms. The molecule has 0 radical (unpaired) electrons. The summed E-state index contributed by atoms with van der Waals surface area (Å²) in [6.45, 7) is 4.48. The monoisotopic (exact) mass is 301 g/mol. The van der Waals surface area contributed by atoms with Gasteiger partial charge in [0.15, 0.2) is 0 Å². The number of anilines is 2. The second kappa shape index (κ2) is 7.67. The average Bonchev–Trinajstić information content (AvgIpc) is 2.99. The zero-order valence-corrected chi connectivity index (χ0v) is 12.9. The number of rotatable bonds is 7. The average molecular weight is 301 g/mol. The van der Waals surface area contributed by atoms with Crippen LogP contribution in [0.15, 0.2) is 35.7 Å². The molecule has 0 fully saturated rings. The fourth-order valence-electron chi connectivity index (χ4n) is 2.10. The zero-order chi connectivity index (χ0) is 15.1. The van der Waals surface area contributed by atoms with E-state index in [1.807, 2.05) is 23.6 Å². The fraction of sp³-hybridized carbons (Fsp3) is 0.312. The molecule has 2 aromatic rings. The number of aliphatic hydroxyl groups is 1. The molecule has 21 heavy (non-hydrogen) atoms. The molecular formula is C16H19N3OS. The number of benzene rings is 1. The summed E-state index contributed by atoms with van der Waals surface area (Å²) in [5, 5.41) is 23.1. The molecule has 2 N–H and O–H groups in total. The zero-order valence-electron chi connectivity index (χ0n) is 12.0. The Kier molecular flexibility index (Phi) is 5.61. The van der Waals surface area contributed by atoms with Gasteiger partial charge in [0.2, 0.25) is 0 Å². The number of nitriles is 1. The van der Waals surface area contributed by atoms with Crippen molar-refractivity contribution in [2.75, 3.05) is 29.9 Å². The molecule has 0 amide bonds. The molecule has 0 bridgehead atoms. The number of hydrogen-bond acceptors (Lipinski definition) is 5. The maximum atomic E-state index is 9.04. The highest BCUT2D eigenvalue weighted by Gasteiger charge is 2.03. The van der Waals surface area contributed by atoms with Gasteiger partial charge in [0.05, 0.1) is 12.2 Å². The van der Waals surface area contributed by atoms with Crippen molar-refractivity contribution >= 4 is 22.7 Å². The summed E-state index contributed by atoms with van der Waals surface area (Å²) in [6, 6.07) is 12.2. The summed E-state index contributed by atoms with van der Waals surface area (Å²) >= 11 is 1.59. The molecular weight excluding hydrogens is 282 g/mol. The number of thiophene rings is 1. The minimum Gasteiger partial charge on any atom is -0.395 e. The number of nitrogens with zero attached hydrogens (tertiary/aromatic N) is 2. The predicted molar refractivity (Wildman–Crippen MR) is 87.8 cm³/mol. The smallest absolute Gasteiger partial charge is 0.100 e. The lowest BCUT2D eigenvalue weighted by molar-refractivity contribution is 0.302. The first-order valence-electron chi connectivity index (χ1n) is 6.94. The van der Waals surface area contributed by atoms with E-state index < -0.39 is 0 Å². The normalized spacial score (nSPS) is 10.1. The second-order valence-corrected chi connectivity index (χ2v) is 5.61. The van der Waals surface area contributed by atoms with Crippen LogP contribution < -0.4 is 10.2 Å². The molecule has 1 aromatic carbocycles. The Morgan fingerprint density at radius 3 is 2.67 bits per heavy atom. The highest BCUT2D eigenvalue weighted by Crippen LogP contribution is 2.20. The van der Waals surface area contributed by atoms with Gasteiger partial charge >= 0.3 is 0 Å². The second-order valence-electron chi connectivity index (χ2n) is 4.62. The standard InChI is InChI=1S/C16H19N3OS/c1-2-19(7-8-20)15-5-3-14(4-6-15)18-11-16-9-13(10-17)12-21-16/h3-6,9,12,18,20H,2,7-8,11H2,1H3. The van der Waals surface area contributed by atoms with Gasteiger partial charge in [-0.2, -0.15) is 5.26 Å². The molecule has 0 atom stereocenters. The Bertz CT molecular complexity index is 601. The van der Waals surface area contributed by atoms with Gasteiger partial charge in [-0.05, 0) is 37.3 Å². The Morgan fingerprint density at radius 1 is 1.33 bits per heavy atom. The Morgan fingerprint density at radius 2 is 2.10 bits per heavy atom. The van der Waals surface area contributed by atoms with E-state index in [0.717, 1.165) is 34.9 Å². The van der Waals surface area contributed by atoms with Gasteiger partial charge < -0.3 is 15.3 Å². The maximum absolute atomic E-state index is 9.04. The molecule has 0 aliphatic rings. The van der Waals surface area contributed by atoms with Crippen LogP contribution in [-0.2, 0) is 6.54 Å². The van der Waals surface area contributed by atoms with Crippen LogP contribution in [0, 0.1) is 11.3 Å². The molecule has 0 saturated heterocycles. The van der Waals surface area contributed by atoms with Crippen molar-refractivity contribution in [3.8, 4) is 6.07 Å². The summed E-state index contributed by atoms with van der Waals surface area (Å²) in [7, 11) is 0. The third kappa shape index (κ3) is 4.22. The first-order chi connectivity index (χ1) is 10.3. The van der Waals surface area contributed by atoms with E-state index in [4.69, 9.17) is 10.4 Å². The summed E-state index contributed by atoms with van der Waals surface area (Å²) in [5.41, 5.74) is 2.88. The number of likely N-dealkylation sites (N-methyl/N-ethyl adjacent to an activating group) is 1. The number of hydrogen-bond donors (Lipinski definition) is 2. The lowest BCUT2D eigenvalue weighted by Gasteiger charge is -2.22. The van der Waals surface area contributed by atoms with Crippen molar-refractivity contribution in [3.63, 3.8) is 0 Å². The van der Waals surface area contributed by atoms with Gasteiger partial charge in [-0.1, -0.05) is 0 Å². The maximum Gasteiger partial charge on any atom is 0.100 e. The molecule has 0 aliphatic heterocycles. The van der Waals surface area contributed by atoms with E-state index in [2.05, 4.69) is 35.3 Å². The van der Waals surface area contributed by atoms with Crippen molar-refractivity contribution in [2.45, 2.75) is 13.5 Å². The number of nitrogens with one attached hydrogen (secondary N) is 1. The lowest BCUT2D eigenvalue weighted by Crippen LogP contribution is -2.25. The van der Waals surface area contributed by atoms with Crippen LogP contribution in [0.2, 0.25) is 0 Å². The van der Waals surface area contributed by atoms with Crippen molar-refractivity contribution in [3.05, 3.63) is 46.2 Å². The summed E-state index contributed by atoms with van der Waals surface area (Å²) in [4.78, 5) is 3.27. The van der Waals surface area contributed by atoms with E-state index in [1.165, 1.54) is 0 Å². The molecule has 0 aliphatic carbocycles. The number of aliphatic hydroxyl groups excluding tert-OH is 1. The Hall–Kier alpha value is -2.03. The van der Waals surface area contributed by atoms with Crippen molar-refractivity contribution in [1.29, 1.82) is 5.26 Å². The predicted octanol–water partition coefficient (Wildman–Crippen LogP) is 3.05. The Labute approximate surface area is 129 Å². The van der Waals surface area contributed by atoms with Crippen LogP contribution >= 0.6 is 11.3 Å². The van der Waals surface area contributed by atoms with Gasteiger partial charge in [-0.15, -0.1) is 11.3 Å². The lowest BCUT2D eigenvalue weighted by atomic mass is 10.2. The first-order valence-corrected chi connectivity index (χ1v) is 7.82. The molecule has 5 heteroatoms. The van der Waals surface area contributed by atoms with Crippen molar-refractivity contribution < 1.29 is 5.11 Å². The molecule has 1 heterocycles. The van der Waals surface area contributed by atoms with Gasteiger partial charge in [0.25, 0.3) is 0 Å². The van der Waals surface area contributed by atoms with E-state index in [0.29, 0.717) is 6.54 Å². The van der Waals surface area contributed by atoms with Crippen LogP contribution in [0.5, 0.6) is 0 Å². The highest BCUT2D eigenvalue weighted by molar-refractivity contribution is 7.10. The molecule has 2 rings (SSSR count). The molecule has 110 valence electrons.